The lowest BCUT2D eigenvalue weighted by molar-refractivity contribution is 0.0750. The zero-order chi connectivity index (χ0) is 15.1. The number of hydrogen-bond donors (Lipinski definition) is 1. The zero-order valence-electron chi connectivity index (χ0n) is 12.4. The molecular weight excluding hydrogens is 284 g/mol. The second kappa shape index (κ2) is 7.73. The summed E-state index contributed by atoms with van der Waals surface area (Å²) < 4.78 is 0. The first kappa shape index (κ1) is 15.4. The first-order valence-corrected chi connectivity index (χ1v) is 8.05. The molecule has 0 saturated carbocycles. The molecule has 0 bridgehead atoms. The summed E-state index contributed by atoms with van der Waals surface area (Å²) in [6.45, 7) is 5.69. The van der Waals surface area contributed by atoms with E-state index in [4.69, 9.17) is 0 Å². The highest BCUT2D eigenvalue weighted by atomic mass is 32.1. The minimum atomic E-state index is 0.00372. The van der Waals surface area contributed by atoms with Gasteiger partial charge in [0.1, 0.15) is 11.5 Å². The average molecular weight is 304 g/mol. The Labute approximate surface area is 129 Å². The number of aromatic nitrogens is 2. The molecule has 1 amide bonds. The van der Waals surface area contributed by atoms with Gasteiger partial charge in [0.15, 0.2) is 5.13 Å². The average Bonchev–Trinajstić information content (AvgIpc) is 2.96. The van der Waals surface area contributed by atoms with Crippen LogP contribution in [0, 0.1) is 0 Å². The standard InChI is InChI=1S/C15H20N4OS/c1-3-9-19(10-4-2)14(20)12-11-21-15(17-12)18-13-7-5-6-8-16-13/h5-8,11H,3-4,9-10H2,1-2H3,(H,16,17,18). The van der Waals surface area contributed by atoms with Gasteiger partial charge in [-0.3, -0.25) is 4.79 Å². The van der Waals surface area contributed by atoms with Gasteiger partial charge in [0.05, 0.1) is 0 Å². The van der Waals surface area contributed by atoms with E-state index in [2.05, 4.69) is 29.1 Å². The number of carbonyl (C=O) groups is 1. The molecule has 0 unspecified atom stereocenters. The van der Waals surface area contributed by atoms with Crippen LogP contribution in [0.15, 0.2) is 29.8 Å². The molecule has 6 heteroatoms. The molecule has 0 saturated heterocycles. The van der Waals surface area contributed by atoms with Crippen molar-refractivity contribution in [1.29, 1.82) is 0 Å². The molecule has 0 aromatic carbocycles. The highest BCUT2D eigenvalue weighted by Gasteiger charge is 2.17. The van der Waals surface area contributed by atoms with Gasteiger partial charge in [0.2, 0.25) is 0 Å². The number of nitrogens with one attached hydrogen (secondary N) is 1. The number of pyridine rings is 1. The Morgan fingerprint density at radius 1 is 1.29 bits per heavy atom. The number of amides is 1. The lowest BCUT2D eigenvalue weighted by Crippen LogP contribution is -2.32. The third-order valence-corrected chi connectivity index (χ3v) is 3.66. The van der Waals surface area contributed by atoms with Gasteiger partial charge in [0.25, 0.3) is 5.91 Å². The Balaban J connectivity index is 2.06. The van der Waals surface area contributed by atoms with Gasteiger partial charge in [-0.2, -0.15) is 0 Å². The largest absolute Gasteiger partial charge is 0.337 e. The molecule has 2 aromatic rings. The molecule has 1 N–H and O–H groups in total. The fourth-order valence-corrected chi connectivity index (χ4v) is 2.68. The van der Waals surface area contributed by atoms with Crippen molar-refractivity contribution in [3.8, 4) is 0 Å². The van der Waals surface area contributed by atoms with E-state index in [0.717, 1.165) is 31.7 Å². The second-order valence-corrected chi connectivity index (χ2v) is 5.53. The van der Waals surface area contributed by atoms with Gasteiger partial charge in [-0.25, -0.2) is 9.97 Å². The van der Waals surface area contributed by atoms with Gasteiger partial charge in [0, 0.05) is 24.7 Å². The summed E-state index contributed by atoms with van der Waals surface area (Å²) in [4.78, 5) is 22.8. The Kier molecular flexibility index (Phi) is 5.68. The molecule has 0 aliphatic heterocycles. The third-order valence-electron chi connectivity index (χ3n) is 2.90. The third kappa shape index (κ3) is 4.26. The van der Waals surface area contributed by atoms with Crippen molar-refractivity contribution in [2.45, 2.75) is 26.7 Å². The predicted octanol–water partition coefficient (Wildman–Crippen LogP) is 3.54. The van der Waals surface area contributed by atoms with E-state index in [9.17, 15) is 4.79 Å². The quantitative estimate of drug-likeness (QED) is 0.850. The van der Waals surface area contributed by atoms with Crippen molar-refractivity contribution < 1.29 is 4.79 Å². The summed E-state index contributed by atoms with van der Waals surface area (Å²) in [6.07, 6.45) is 3.62. The van der Waals surface area contributed by atoms with E-state index in [1.165, 1.54) is 11.3 Å². The minimum absolute atomic E-state index is 0.00372. The smallest absolute Gasteiger partial charge is 0.273 e. The highest BCUT2D eigenvalue weighted by Crippen LogP contribution is 2.20. The van der Waals surface area contributed by atoms with E-state index in [1.807, 2.05) is 23.1 Å². The zero-order valence-corrected chi connectivity index (χ0v) is 13.2. The molecule has 0 fully saturated rings. The molecule has 0 radical (unpaired) electrons. The van der Waals surface area contributed by atoms with Gasteiger partial charge in [-0.15, -0.1) is 11.3 Å². The van der Waals surface area contributed by atoms with Crippen LogP contribution >= 0.6 is 11.3 Å². The van der Waals surface area contributed by atoms with E-state index in [0.29, 0.717) is 10.8 Å². The topological polar surface area (TPSA) is 58.1 Å². The first-order chi connectivity index (χ1) is 10.2. The molecule has 0 aliphatic rings. The number of hydrogen-bond acceptors (Lipinski definition) is 5. The van der Waals surface area contributed by atoms with Gasteiger partial charge < -0.3 is 10.2 Å². The number of anilines is 2. The van der Waals surface area contributed by atoms with Gasteiger partial charge >= 0.3 is 0 Å². The minimum Gasteiger partial charge on any atom is -0.337 e. The van der Waals surface area contributed by atoms with E-state index < -0.39 is 0 Å². The summed E-state index contributed by atoms with van der Waals surface area (Å²) in [5.41, 5.74) is 0.500. The van der Waals surface area contributed by atoms with Crippen LogP contribution in [-0.4, -0.2) is 33.9 Å². The molecule has 0 aliphatic carbocycles. The summed E-state index contributed by atoms with van der Waals surface area (Å²) in [6, 6.07) is 5.62. The molecule has 2 heterocycles. The second-order valence-electron chi connectivity index (χ2n) is 4.67. The van der Waals surface area contributed by atoms with E-state index in [1.54, 1.807) is 11.6 Å². The number of thiazole rings is 1. The van der Waals surface area contributed by atoms with Crippen molar-refractivity contribution in [2.24, 2.45) is 0 Å². The number of rotatable bonds is 7. The number of carbonyl (C=O) groups excluding carboxylic acids is 1. The van der Waals surface area contributed by atoms with Crippen LogP contribution in [0.25, 0.3) is 0 Å². The summed E-state index contributed by atoms with van der Waals surface area (Å²) in [5, 5.41) is 5.59. The predicted molar refractivity (Wildman–Crippen MR) is 86.1 cm³/mol. The Bertz CT molecular complexity index is 564. The van der Waals surface area contributed by atoms with Crippen molar-refractivity contribution in [2.75, 3.05) is 18.4 Å². The van der Waals surface area contributed by atoms with E-state index in [-0.39, 0.29) is 5.91 Å². The molecule has 2 rings (SSSR count). The van der Waals surface area contributed by atoms with E-state index >= 15 is 0 Å². The van der Waals surface area contributed by atoms with Crippen molar-refractivity contribution in [1.82, 2.24) is 14.9 Å². The number of nitrogens with zero attached hydrogens (tertiary/aromatic N) is 3. The van der Waals surface area contributed by atoms with Crippen LogP contribution in [-0.2, 0) is 0 Å². The summed E-state index contributed by atoms with van der Waals surface area (Å²) in [7, 11) is 0. The Morgan fingerprint density at radius 2 is 2.05 bits per heavy atom. The molecule has 112 valence electrons. The van der Waals surface area contributed by atoms with Gasteiger partial charge in [-0.05, 0) is 25.0 Å². The van der Waals surface area contributed by atoms with Crippen molar-refractivity contribution in [3.05, 3.63) is 35.5 Å². The maximum atomic E-state index is 12.4. The van der Waals surface area contributed by atoms with Crippen molar-refractivity contribution in [3.63, 3.8) is 0 Å². The lowest BCUT2D eigenvalue weighted by Gasteiger charge is -2.20. The van der Waals surface area contributed by atoms with Crippen molar-refractivity contribution >= 4 is 28.2 Å². The molecule has 21 heavy (non-hydrogen) atoms. The van der Waals surface area contributed by atoms with Crippen LogP contribution in [0.2, 0.25) is 0 Å². The van der Waals surface area contributed by atoms with Crippen LogP contribution in [0.1, 0.15) is 37.2 Å². The van der Waals surface area contributed by atoms with Crippen LogP contribution < -0.4 is 5.32 Å². The molecular formula is C15H20N4OS. The SMILES string of the molecule is CCCN(CCC)C(=O)c1csc(Nc2ccccn2)n1. The monoisotopic (exact) mass is 304 g/mol. The van der Waals surface area contributed by atoms with Crippen LogP contribution in [0.3, 0.4) is 0 Å². The lowest BCUT2D eigenvalue weighted by atomic mass is 10.3. The Morgan fingerprint density at radius 3 is 2.67 bits per heavy atom. The molecule has 2 aromatic heterocycles. The normalized spacial score (nSPS) is 10.4. The molecule has 0 spiro atoms. The molecule has 0 atom stereocenters. The summed E-state index contributed by atoms with van der Waals surface area (Å²) in [5.74, 6) is 0.730. The fourth-order valence-electron chi connectivity index (χ4n) is 1.99. The highest BCUT2D eigenvalue weighted by molar-refractivity contribution is 7.14. The molecule has 5 nitrogen and oxygen atoms in total. The van der Waals surface area contributed by atoms with Gasteiger partial charge in [-0.1, -0.05) is 19.9 Å². The maximum absolute atomic E-state index is 12.4. The summed E-state index contributed by atoms with van der Waals surface area (Å²) >= 11 is 1.42. The Hall–Kier alpha value is -1.95. The van der Waals surface area contributed by atoms with Crippen LogP contribution in [0.5, 0.6) is 0 Å². The van der Waals surface area contributed by atoms with Crippen LogP contribution in [0.4, 0.5) is 10.9 Å². The maximum Gasteiger partial charge on any atom is 0.273 e. The first-order valence-electron chi connectivity index (χ1n) is 7.17. The fraction of sp³-hybridized carbons (Fsp3) is 0.400.